The topological polar surface area (TPSA) is 66.5 Å². The first kappa shape index (κ1) is 15.3. The van der Waals surface area contributed by atoms with Crippen LogP contribution in [0.2, 0.25) is 0 Å². The molecule has 1 saturated heterocycles. The quantitative estimate of drug-likeness (QED) is 0.864. The highest BCUT2D eigenvalue weighted by Crippen LogP contribution is 2.22. The highest BCUT2D eigenvalue weighted by atomic mass is 35.5. The van der Waals surface area contributed by atoms with Crippen molar-refractivity contribution in [2.75, 3.05) is 18.4 Å². The molecule has 1 amide bonds. The fraction of sp³-hybridized carbons (Fsp3) is 0.462. The summed E-state index contributed by atoms with van der Waals surface area (Å²) >= 11 is 5.65. The third-order valence-corrected chi connectivity index (χ3v) is 5.30. The highest BCUT2D eigenvalue weighted by molar-refractivity contribution is 7.89. The third-order valence-electron chi connectivity index (χ3n) is 3.19. The van der Waals surface area contributed by atoms with Crippen LogP contribution in [0.25, 0.3) is 0 Å². The molecule has 0 bridgehead atoms. The van der Waals surface area contributed by atoms with E-state index in [1.54, 1.807) is 19.1 Å². The van der Waals surface area contributed by atoms with Crippen molar-refractivity contribution >= 4 is 33.2 Å². The standard InChI is InChI=1S/C13H17ClN2O3S/c1-10(14)13(17)15-11-4-6-12(7-5-11)20(18,19)16-8-2-3-9-16/h4-7,10H,2-3,8-9H2,1H3,(H,15,17). The fourth-order valence-electron chi connectivity index (χ4n) is 2.03. The molecule has 0 spiro atoms. The summed E-state index contributed by atoms with van der Waals surface area (Å²) in [7, 11) is -3.41. The van der Waals surface area contributed by atoms with Crippen LogP contribution in [-0.4, -0.2) is 37.1 Å². The molecule has 1 unspecified atom stereocenters. The molecule has 1 aliphatic heterocycles. The number of nitrogens with zero attached hydrogens (tertiary/aromatic N) is 1. The minimum atomic E-state index is -3.41. The predicted octanol–water partition coefficient (Wildman–Crippen LogP) is 2.04. The maximum atomic E-state index is 12.3. The Morgan fingerprint density at radius 2 is 1.80 bits per heavy atom. The summed E-state index contributed by atoms with van der Waals surface area (Å²) < 4.78 is 26.1. The Balaban J connectivity index is 2.13. The number of nitrogens with one attached hydrogen (secondary N) is 1. The Kier molecular flexibility index (Phi) is 4.67. The number of rotatable bonds is 4. The van der Waals surface area contributed by atoms with E-state index < -0.39 is 15.4 Å². The fourth-order valence-corrected chi connectivity index (χ4v) is 3.60. The zero-order valence-electron chi connectivity index (χ0n) is 11.2. The van der Waals surface area contributed by atoms with Gasteiger partial charge >= 0.3 is 0 Å². The van der Waals surface area contributed by atoms with Crippen LogP contribution in [0.15, 0.2) is 29.2 Å². The summed E-state index contributed by atoms with van der Waals surface area (Å²) in [5.74, 6) is -0.318. The summed E-state index contributed by atoms with van der Waals surface area (Å²) in [6.07, 6.45) is 1.81. The monoisotopic (exact) mass is 316 g/mol. The summed E-state index contributed by atoms with van der Waals surface area (Å²) in [5, 5.41) is 1.97. The molecule has 0 aromatic heterocycles. The lowest BCUT2D eigenvalue weighted by Crippen LogP contribution is -2.27. The van der Waals surface area contributed by atoms with Crippen LogP contribution < -0.4 is 5.32 Å². The normalized spacial score (nSPS) is 17.9. The maximum absolute atomic E-state index is 12.3. The van der Waals surface area contributed by atoms with Gasteiger partial charge in [-0.2, -0.15) is 4.31 Å². The third kappa shape index (κ3) is 3.31. The Labute approximate surface area is 124 Å². The number of anilines is 1. The molecule has 2 rings (SSSR count). The van der Waals surface area contributed by atoms with E-state index in [4.69, 9.17) is 11.6 Å². The van der Waals surface area contributed by atoms with Crippen molar-refractivity contribution in [1.29, 1.82) is 0 Å². The van der Waals surface area contributed by atoms with E-state index in [0.29, 0.717) is 18.8 Å². The van der Waals surface area contributed by atoms with Crippen LogP contribution in [0.5, 0.6) is 0 Å². The molecule has 7 heteroatoms. The first-order valence-electron chi connectivity index (χ1n) is 6.46. The average molecular weight is 317 g/mol. The average Bonchev–Trinajstić information content (AvgIpc) is 2.93. The van der Waals surface area contributed by atoms with Crippen molar-refractivity contribution in [3.63, 3.8) is 0 Å². The summed E-state index contributed by atoms with van der Waals surface area (Å²) in [5.41, 5.74) is 0.530. The Morgan fingerprint density at radius 3 is 2.30 bits per heavy atom. The number of amides is 1. The van der Waals surface area contributed by atoms with Gasteiger partial charge in [0, 0.05) is 18.8 Å². The van der Waals surface area contributed by atoms with Crippen molar-refractivity contribution in [3.8, 4) is 0 Å². The van der Waals surface area contributed by atoms with Gasteiger partial charge in [-0.1, -0.05) is 0 Å². The molecule has 20 heavy (non-hydrogen) atoms. The van der Waals surface area contributed by atoms with Crippen molar-refractivity contribution in [2.24, 2.45) is 0 Å². The number of carbonyl (C=O) groups excluding carboxylic acids is 1. The van der Waals surface area contributed by atoms with Gasteiger partial charge in [0.25, 0.3) is 0 Å². The highest BCUT2D eigenvalue weighted by Gasteiger charge is 2.26. The smallest absolute Gasteiger partial charge is 0.243 e. The molecule has 1 aromatic rings. The Hall–Kier alpha value is -1.11. The number of halogens is 1. The molecule has 1 N–H and O–H groups in total. The first-order valence-corrected chi connectivity index (χ1v) is 8.34. The molecule has 0 radical (unpaired) electrons. The first-order chi connectivity index (χ1) is 9.41. The molecule has 1 heterocycles. The Bertz CT molecular complexity index is 578. The second kappa shape index (κ2) is 6.11. The summed E-state index contributed by atoms with van der Waals surface area (Å²) in [6, 6.07) is 6.14. The molecule has 0 aliphatic carbocycles. The van der Waals surface area contributed by atoms with Crippen LogP contribution in [0.1, 0.15) is 19.8 Å². The number of alkyl halides is 1. The number of hydrogen-bond acceptors (Lipinski definition) is 3. The minimum absolute atomic E-state index is 0.247. The van der Waals surface area contributed by atoms with E-state index >= 15 is 0 Å². The van der Waals surface area contributed by atoms with Gasteiger partial charge in [-0.25, -0.2) is 8.42 Å². The minimum Gasteiger partial charge on any atom is -0.325 e. The van der Waals surface area contributed by atoms with Gasteiger partial charge in [-0.05, 0) is 44.0 Å². The van der Waals surface area contributed by atoms with E-state index in [9.17, 15) is 13.2 Å². The van der Waals surface area contributed by atoms with Crippen LogP contribution in [0.3, 0.4) is 0 Å². The summed E-state index contributed by atoms with van der Waals surface area (Å²) in [4.78, 5) is 11.7. The van der Waals surface area contributed by atoms with Crippen LogP contribution in [-0.2, 0) is 14.8 Å². The number of sulfonamides is 1. The van der Waals surface area contributed by atoms with E-state index in [1.165, 1.54) is 16.4 Å². The molecule has 1 atom stereocenters. The molecule has 1 aromatic carbocycles. The number of carbonyl (C=O) groups is 1. The SMILES string of the molecule is CC(Cl)C(=O)Nc1ccc(S(=O)(=O)N2CCCC2)cc1. The van der Waals surface area contributed by atoms with Gasteiger partial charge in [0.05, 0.1) is 4.90 Å². The van der Waals surface area contributed by atoms with Crippen molar-refractivity contribution in [2.45, 2.75) is 30.0 Å². The second-order valence-electron chi connectivity index (χ2n) is 4.74. The van der Waals surface area contributed by atoms with E-state index in [2.05, 4.69) is 5.32 Å². The van der Waals surface area contributed by atoms with Gasteiger partial charge < -0.3 is 5.32 Å². The molecule has 0 saturated carbocycles. The maximum Gasteiger partial charge on any atom is 0.243 e. The molecule has 110 valence electrons. The lowest BCUT2D eigenvalue weighted by Gasteiger charge is -2.15. The van der Waals surface area contributed by atoms with Gasteiger partial charge in [-0.3, -0.25) is 4.79 Å². The van der Waals surface area contributed by atoms with Crippen molar-refractivity contribution in [3.05, 3.63) is 24.3 Å². The lowest BCUT2D eigenvalue weighted by atomic mass is 10.3. The second-order valence-corrected chi connectivity index (χ2v) is 7.33. The molecular formula is C13H17ClN2O3S. The number of benzene rings is 1. The Morgan fingerprint density at radius 1 is 1.25 bits per heavy atom. The number of hydrogen-bond donors (Lipinski definition) is 1. The van der Waals surface area contributed by atoms with E-state index in [0.717, 1.165) is 12.8 Å². The largest absolute Gasteiger partial charge is 0.325 e. The van der Waals surface area contributed by atoms with Gasteiger partial charge in [-0.15, -0.1) is 11.6 Å². The van der Waals surface area contributed by atoms with Crippen molar-refractivity contribution in [1.82, 2.24) is 4.31 Å². The predicted molar refractivity (Wildman–Crippen MR) is 78.4 cm³/mol. The van der Waals surface area contributed by atoms with Crippen LogP contribution in [0, 0.1) is 0 Å². The molecule has 1 aliphatic rings. The summed E-state index contributed by atoms with van der Waals surface area (Å²) in [6.45, 7) is 2.72. The molecule has 5 nitrogen and oxygen atoms in total. The zero-order chi connectivity index (χ0) is 14.8. The van der Waals surface area contributed by atoms with E-state index in [1.807, 2.05) is 0 Å². The molecular weight excluding hydrogens is 300 g/mol. The zero-order valence-corrected chi connectivity index (χ0v) is 12.7. The van der Waals surface area contributed by atoms with Crippen LogP contribution in [0.4, 0.5) is 5.69 Å². The van der Waals surface area contributed by atoms with Gasteiger partial charge in [0.15, 0.2) is 0 Å². The van der Waals surface area contributed by atoms with Gasteiger partial charge in [0.2, 0.25) is 15.9 Å². The van der Waals surface area contributed by atoms with E-state index in [-0.39, 0.29) is 10.8 Å². The lowest BCUT2D eigenvalue weighted by molar-refractivity contribution is -0.115. The van der Waals surface area contributed by atoms with Crippen LogP contribution >= 0.6 is 11.6 Å². The van der Waals surface area contributed by atoms with Gasteiger partial charge in [0.1, 0.15) is 5.38 Å². The van der Waals surface area contributed by atoms with Crippen molar-refractivity contribution < 1.29 is 13.2 Å². The molecule has 1 fully saturated rings.